The van der Waals surface area contributed by atoms with Crippen LogP contribution in [-0.4, -0.2) is 29.1 Å². The molecule has 1 aromatic heterocycles. The Morgan fingerprint density at radius 3 is 2.94 bits per heavy atom. The highest BCUT2D eigenvalue weighted by atomic mass is 32.1. The van der Waals surface area contributed by atoms with Gasteiger partial charge < -0.3 is 5.11 Å². The highest BCUT2D eigenvalue weighted by Crippen LogP contribution is 2.22. The molecule has 1 N–H and O–H groups in total. The van der Waals surface area contributed by atoms with Crippen molar-refractivity contribution < 1.29 is 9.90 Å². The maximum absolute atomic E-state index is 10.5. The van der Waals surface area contributed by atoms with Gasteiger partial charge >= 0.3 is 5.97 Å². The Bertz CT molecular complexity index is 370. The first-order valence-corrected chi connectivity index (χ1v) is 6.00. The van der Waals surface area contributed by atoms with E-state index in [2.05, 4.69) is 6.07 Å². The van der Waals surface area contributed by atoms with E-state index in [1.54, 1.807) is 11.3 Å². The standard InChI is InChI=1S/C11H14N2O2S/c1-2-13(5-3-11(14)15)10(7-12)9-4-6-16-8-9/h4,6,8,10H,2-3,5H2,1H3,(H,14,15). The summed E-state index contributed by atoms with van der Waals surface area (Å²) in [5, 5.41) is 21.6. The van der Waals surface area contributed by atoms with E-state index < -0.39 is 5.97 Å². The molecular formula is C11H14N2O2S. The Hall–Kier alpha value is -1.38. The Labute approximate surface area is 98.7 Å². The van der Waals surface area contributed by atoms with Gasteiger partial charge in [0, 0.05) is 6.54 Å². The number of nitriles is 1. The fourth-order valence-corrected chi connectivity index (χ4v) is 2.19. The smallest absolute Gasteiger partial charge is 0.304 e. The SMILES string of the molecule is CCN(CCC(=O)O)C(C#N)c1ccsc1. The van der Waals surface area contributed by atoms with Gasteiger partial charge in [0.05, 0.1) is 12.5 Å². The predicted octanol–water partition coefficient (Wildman–Crippen LogP) is 2.11. The number of thiophene rings is 1. The molecule has 0 fully saturated rings. The van der Waals surface area contributed by atoms with Gasteiger partial charge in [-0.1, -0.05) is 6.92 Å². The quantitative estimate of drug-likeness (QED) is 0.824. The lowest BCUT2D eigenvalue weighted by atomic mass is 10.1. The Morgan fingerprint density at radius 2 is 2.50 bits per heavy atom. The predicted molar refractivity (Wildman–Crippen MR) is 62.2 cm³/mol. The van der Waals surface area contributed by atoms with E-state index >= 15 is 0 Å². The summed E-state index contributed by atoms with van der Waals surface area (Å²) >= 11 is 1.54. The number of rotatable bonds is 6. The molecule has 0 aliphatic heterocycles. The summed E-state index contributed by atoms with van der Waals surface area (Å²) in [6.07, 6.45) is 0.0656. The third kappa shape index (κ3) is 3.33. The molecule has 1 heterocycles. The van der Waals surface area contributed by atoms with Crippen LogP contribution in [0, 0.1) is 11.3 Å². The van der Waals surface area contributed by atoms with Gasteiger partial charge in [0.25, 0.3) is 0 Å². The molecule has 0 aliphatic carbocycles. The third-order valence-electron chi connectivity index (χ3n) is 2.37. The molecule has 86 valence electrons. The molecule has 0 aromatic carbocycles. The maximum atomic E-state index is 10.5. The van der Waals surface area contributed by atoms with Crippen molar-refractivity contribution in [2.75, 3.05) is 13.1 Å². The van der Waals surface area contributed by atoms with Crippen LogP contribution in [-0.2, 0) is 4.79 Å². The molecule has 1 rings (SSSR count). The fraction of sp³-hybridized carbons (Fsp3) is 0.455. The second-order valence-electron chi connectivity index (χ2n) is 3.36. The van der Waals surface area contributed by atoms with Gasteiger partial charge in [-0.3, -0.25) is 9.69 Å². The molecule has 0 saturated carbocycles. The largest absolute Gasteiger partial charge is 0.481 e. The summed E-state index contributed by atoms with van der Waals surface area (Å²) < 4.78 is 0. The minimum absolute atomic E-state index is 0.0656. The van der Waals surface area contributed by atoms with E-state index in [0.717, 1.165) is 5.56 Å². The number of carboxylic acids is 1. The molecule has 1 atom stereocenters. The van der Waals surface area contributed by atoms with Crippen molar-refractivity contribution in [3.63, 3.8) is 0 Å². The van der Waals surface area contributed by atoms with Crippen molar-refractivity contribution in [1.29, 1.82) is 5.26 Å². The van der Waals surface area contributed by atoms with Crippen molar-refractivity contribution in [3.8, 4) is 6.07 Å². The zero-order valence-electron chi connectivity index (χ0n) is 9.09. The van der Waals surface area contributed by atoms with Gasteiger partial charge in [-0.05, 0) is 28.9 Å². The normalized spacial score (nSPS) is 12.3. The van der Waals surface area contributed by atoms with E-state index in [0.29, 0.717) is 13.1 Å². The minimum atomic E-state index is -0.833. The number of carboxylic acid groups (broad SMARTS) is 1. The van der Waals surface area contributed by atoms with Crippen LogP contribution >= 0.6 is 11.3 Å². The summed E-state index contributed by atoms with van der Waals surface area (Å²) in [5.41, 5.74) is 0.944. The average Bonchev–Trinajstić information content (AvgIpc) is 2.77. The van der Waals surface area contributed by atoms with Crippen molar-refractivity contribution in [2.24, 2.45) is 0 Å². The van der Waals surface area contributed by atoms with E-state index in [9.17, 15) is 4.79 Å². The van der Waals surface area contributed by atoms with Crippen LogP contribution < -0.4 is 0 Å². The lowest BCUT2D eigenvalue weighted by Gasteiger charge is -2.24. The average molecular weight is 238 g/mol. The second kappa shape index (κ2) is 6.26. The fourth-order valence-electron chi connectivity index (χ4n) is 1.51. The van der Waals surface area contributed by atoms with Crippen molar-refractivity contribution in [1.82, 2.24) is 4.90 Å². The third-order valence-corrected chi connectivity index (χ3v) is 3.07. The molecule has 0 spiro atoms. The molecule has 0 amide bonds. The molecule has 5 heteroatoms. The van der Waals surface area contributed by atoms with Gasteiger partial charge in [0.1, 0.15) is 6.04 Å². The van der Waals surface area contributed by atoms with Crippen LogP contribution in [0.4, 0.5) is 0 Å². The number of nitrogens with zero attached hydrogens (tertiary/aromatic N) is 2. The van der Waals surface area contributed by atoms with Gasteiger partial charge in [0.2, 0.25) is 0 Å². The lowest BCUT2D eigenvalue weighted by molar-refractivity contribution is -0.137. The molecule has 1 unspecified atom stereocenters. The van der Waals surface area contributed by atoms with Gasteiger partial charge in [-0.25, -0.2) is 0 Å². The Kier molecular flexibility index (Phi) is 4.96. The highest BCUT2D eigenvalue weighted by Gasteiger charge is 2.19. The van der Waals surface area contributed by atoms with Crippen LogP contribution in [0.1, 0.15) is 24.9 Å². The van der Waals surface area contributed by atoms with E-state index in [4.69, 9.17) is 10.4 Å². The van der Waals surface area contributed by atoms with Crippen LogP contribution in [0.3, 0.4) is 0 Å². The summed E-state index contributed by atoms with van der Waals surface area (Å²) in [4.78, 5) is 12.4. The molecule has 0 radical (unpaired) electrons. The van der Waals surface area contributed by atoms with Crippen LogP contribution in [0.25, 0.3) is 0 Å². The summed E-state index contributed by atoms with van der Waals surface area (Å²) in [7, 11) is 0. The van der Waals surface area contributed by atoms with Gasteiger partial charge in [-0.2, -0.15) is 16.6 Å². The van der Waals surface area contributed by atoms with E-state index in [1.807, 2.05) is 28.7 Å². The first-order valence-electron chi connectivity index (χ1n) is 5.06. The van der Waals surface area contributed by atoms with Gasteiger partial charge in [-0.15, -0.1) is 0 Å². The minimum Gasteiger partial charge on any atom is -0.481 e. The van der Waals surface area contributed by atoms with E-state index in [-0.39, 0.29) is 12.5 Å². The molecule has 4 nitrogen and oxygen atoms in total. The van der Waals surface area contributed by atoms with Crippen LogP contribution in [0.2, 0.25) is 0 Å². The molecule has 0 saturated heterocycles. The summed E-state index contributed by atoms with van der Waals surface area (Å²) in [6, 6.07) is 3.79. The number of hydrogen-bond acceptors (Lipinski definition) is 4. The van der Waals surface area contributed by atoms with Crippen LogP contribution in [0.5, 0.6) is 0 Å². The van der Waals surface area contributed by atoms with Gasteiger partial charge in [0.15, 0.2) is 0 Å². The monoisotopic (exact) mass is 238 g/mol. The topological polar surface area (TPSA) is 64.3 Å². The molecule has 16 heavy (non-hydrogen) atoms. The van der Waals surface area contributed by atoms with Crippen molar-refractivity contribution in [2.45, 2.75) is 19.4 Å². The lowest BCUT2D eigenvalue weighted by Crippen LogP contribution is -2.29. The van der Waals surface area contributed by atoms with Crippen molar-refractivity contribution in [3.05, 3.63) is 22.4 Å². The molecule has 0 bridgehead atoms. The van der Waals surface area contributed by atoms with Crippen LogP contribution in [0.15, 0.2) is 16.8 Å². The second-order valence-corrected chi connectivity index (χ2v) is 4.14. The Balaban J connectivity index is 2.70. The summed E-state index contributed by atoms with van der Waals surface area (Å²) in [6.45, 7) is 3.00. The Morgan fingerprint density at radius 1 is 1.75 bits per heavy atom. The number of aliphatic carboxylic acids is 1. The zero-order chi connectivity index (χ0) is 12.0. The first-order chi connectivity index (χ1) is 7.69. The summed E-state index contributed by atoms with van der Waals surface area (Å²) in [5.74, 6) is -0.833. The maximum Gasteiger partial charge on any atom is 0.304 e. The number of carbonyl (C=O) groups is 1. The van der Waals surface area contributed by atoms with Crippen molar-refractivity contribution >= 4 is 17.3 Å². The highest BCUT2D eigenvalue weighted by molar-refractivity contribution is 7.08. The molecule has 1 aromatic rings. The first kappa shape index (κ1) is 12.7. The molecular weight excluding hydrogens is 224 g/mol. The molecule has 0 aliphatic rings. The van der Waals surface area contributed by atoms with E-state index in [1.165, 1.54) is 0 Å². The number of hydrogen-bond donors (Lipinski definition) is 1. The zero-order valence-corrected chi connectivity index (χ0v) is 9.91.